The molecule has 0 unspecified atom stereocenters. The van der Waals surface area contributed by atoms with Gasteiger partial charge in [0.15, 0.2) is 5.69 Å². The van der Waals surface area contributed by atoms with Gasteiger partial charge < -0.3 is 20.1 Å². The monoisotopic (exact) mass is 370 g/mol. The Morgan fingerprint density at radius 1 is 1.19 bits per heavy atom. The highest BCUT2D eigenvalue weighted by molar-refractivity contribution is 5.93. The van der Waals surface area contributed by atoms with Gasteiger partial charge in [-0.15, -0.1) is 0 Å². The van der Waals surface area contributed by atoms with Gasteiger partial charge in [0.1, 0.15) is 17.1 Å². The molecule has 0 bridgehead atoms. The van der Waals surface area contributed by atoms with E-state index in [-0.39, 0.29) is 23.1 Å². The number of benzene rings is 1. The molecule has 140 valence electrons. The van der Waals surface area contributed by atoms with Crippen molar-refractivity contribution in [3.8, 4) is 5.75 Å². The maximum atomic E-state index is 13.0. The van der Waals surface area contributed by atoms with Gasteiger partial charge in [0.05, 0.1) is 14.2 Å². The first-order valence-electron chi connectivity index (χ1n) is 7.52. The Morgan fingerprint density at radius 3 is 2.50 bits per heavy atom. The van der Waals surface area contributed by atoms with E-state index in [2.05, 4.69) is 25.3 Å². The molecule has 0 saturated heterocycles. The van der Waals surface area contributed by atoms with Gasteiger partial charge in [-0.1, -0.05) is 0 Å². The minimum Gasteiger partial charge on any atom is -0.496 e. The molecule has 1 heterocycles. The summed E-state index contributed by atoms with van der Waals surface area (Å²) >= 11 is 0. The van der Waals surface area contributed by atoms with Crippen molar-refractivity contribution in [2.24, 2.45) is 0 Å². The number of esters is 1. The van der Waals surface area contributed by atoms with Crippen LogP contribution in [0.5, 0.6) is 5.75 Å². The molecule has 0 radical (unpaired) electrons. The number of hydrogen-bond acceptors (Lipinski definition) is 7. The number of halogens is 3. The third-order valence-electron chi connectivity index (χ3n) is 3.23. The summed E-state index contributed by atoms with van der Waals surface area (Å²) < 4.78 is 48.8. The van der Waals surface area contributed by atoms with Gasteiger partial charge in [0.2, 0.25) is 5.95 Å². The summed E-state index contributed by atoms with van der Waals surface area (Å²) in [4.78, 5) is 19.1. The number of aromatic nitrogens is 2. The van der Waals surface area contributed by atoms with Crippen LogP contribution < -0.4 is 15.4 Å². The molecule has 0 aliphatic carbocycles. The van der Waals surface area contributed by atoms with Crippen molar-refractivity contribution >= 4 is 23.4 Å². The fourth-order valence-electron chi connectivity index (χ4n) is 2.09. The first kappa shape index (κ1) is 19.3. The summed E-state index contributed by atoms with van der Waals surface area (Å²) in [5.41, 5.74) is -0.513. The third-order valence-corrected chi connectivity index (χ3v) is 3.23. The zero-order valence-electron chi connectivity index (χ0n) is 14.3. The van der Waals surface area contributed by atoms with E-state index in [1.165, 1.54) is 32.4 Å². The number of alkyl halides is 3. The zero-order valence-corrected chi connectivity index (χ0v) is 14.3. The maximum absolute atomic E-state index is 13.0. The summed E-state index contributed by atoms with van der Waals surface area (Å²) in [5.74, 6) is -0.595. The largest absolute Gasteiger partial charge is 0.496 e. The predicted octanol–water partition coefficient (Wildman–Crippen LogP) is 3.47. The molecule has 2 aromatic rings. The Labute approximate surface area is 147 Å². The summed E-state index contributed by atoms with van der Waals surface area (Å²) in [6.07, 6.45) is -4.62. The van der Waals surface area contributed by atoms with E-state index in [1.807, 2.05) is 0 Å². The Hall–Kier alpha value is -3.04. The Morgan fingerprint density at radius 2 is 1.92 bits per heavy atom. The number of carbonyl (C=O) groups is 1. The molecule has 26 heavy (non-hydrogen) atoms. The average Bonchev–Trinajstić information content (AvgIpc) is 2.60. The van der Waals surface area contributed by atoms with Crippen LogP contribution in [0.4, 0.5) is 30.6 Å². The Balaban J connectivity index is 2.38. The minimum absolute atomic E-state index is 0.0591. The molecule has 0 amide bonds. The molecule has 10 heteroatoms. The number of anilines is 3. The molecular weight excluding hydrogens is 353 g/mol. The second kappa shape index (κ2) is 7.89. The quantitative estimate of drug-likeness (QED) is 0.753. The summed E-state index contributed by atoms with van der Waals surface area (Å²) in [6, 6.07) is 5.18. The number of hydrogen-bond donors (Lipinski definition) is 2. The summed E-state index contributed by atoms with van der Waals surface area (Å²) in [7, 11) is 2.59. The normalized spacial score (nSPS) is 11.0. The lowest BCUT2D eigenvalue weighted by atomic mass is 10.2. The van der Waals surface area contributed by atoms with Gasteiger partial charge in [0, 0.05) is 24.4 Å². The molecule has 7 nitrogen and oxygen atoms in total. The van der Waals surface area contributed by atoms with Crippen molar-refractivity contribution in [1.29, 1.82) is 0 Å². The van der Waals surface area contributed by atoms with Gasteiger partial charge >= 0.3 is 12.1 Å². The fraction of sp³-hybridized carbons (Fsp3) is 0.312. The van der Waals surface area contributed by atoms with Crippen LogP contribution in [-0.4, -0.2) is 36.7 Å². The van der Waals surface area contributed by atoms with Crippen molar-refractivity contribution in [2.45, 2.75) is 13.1 Å². The number of methoxy groups -OCH3 is 2. The molecule has 0 atom stereocenters. The third kappa shape index (κ3) is 4.52. The maximum Gasteiger partial charge on any atom is 0.433 e. The van der Waals surface area contributed by atoms with Gasteiger partial charge in [-0.05, 0) is 19.1 Å². The zero-order chi connectivity index (χ0) is 19.3. The molecule has 0 spiro atoms. The van der Waals surface area contributed by atoms with Crippen molar-refractivity contribution in [2.75, 3.05) is 31.4 Å². The van der Waals surface area contributed by atoms with E-state index in [0.29, 0.717) is 12.2 Å². The smallest absolute Gasteiger partial charge is 0.433 e. The number of nitrogens with zero attached hydrogens (tertiary/aromatic N) is 2. The van der Waals surface area contributed by atoms with E-state index in [0.717, 1.165) is 6.07 Å². The highest BCUT2D eigenvalue weighted by Gasteiger charge is 2.33. The minimum atomic E-state index is -4.62. The molecule has 0 aliphatic heterocycles. The molecule has 1 aromatic heterocycles. The topological polar surface area (TPSA) is 85.4 Å². The van der Waals surface area contributed by atoms with E-state index >= 15 is 0 Å². The van der Waals surface area contributed by atoms with E-state index in [4.69, 9.17) is 4.74 Å². The van der Waals surface area contributed by atoms with Crippen LogP contribution in [-0.2, 0) is 10.9 Å². The van der Waals surface area contributed by atoms with Crippen molar-refractivity contribution in [1.82, 2.24) is 9.97 Å². The average molecular weight is 370 g/mol. The lowest BCUT2D eigenvalue weighted by Crippen LogP contribution is -2.13. The highest BCUT2D eigenvalue weighted by atomic mass is 19.4. The van der Waals surface area contributed by atoms with E-state index in [1.54, 1.807) is 6.92 Å². The summed E-state index contributed by atoms with van der Waals surface area (Å²) in [6.45, 7) is 2.08. The molecule has 0 fully saturated rings. The van der Waals surface area contributed by atoms with Gasteiger partial charge in [-0.2, -0.15) is 18.2 Å². The molecule has 0 saturated carbocycles. The molecule has 2 rings (SSSR count). The van der Waals surface area contributed by atoms with Crippen molar-refractivity contribution in [3.05, 3.63) is 35.5 Å². The molecule has 1 aromatic carbocycles. The number of rotatable bonds is 6. The van der Waals surface area contributed by atoms with Crippen LogP contribution in [0, 0.1) is 0 Å². The van der Waals surface area contributed by atoms with Crippen LogP contribution in [0.3, 0.4) is 0 Å². The van der Waals surface area contributed by atoms with Gasteiger partial charge in [-0.3, -0.25) is 0 Å². The standard InChI is InChI=1S/C16H17F3N4O3/c1-4-20-15-22-12(16(17,18)19)8-13(23-15)21-9-5-6-10(14(24)26-3)11(7-9)25-2/h5-8H,4H2,1-3H3,(H2,20,21,22,23). The van der Waals surface area contributed by atoms with Gasteiger partial charge in [-0.25, -0.2) is 9.78 Å². The SMILES string of the molecule is CCNc1nc(Nc2ccc(C(=O)OC)c(OC)c2)cc(C(F)(F)F)n1. The van der Waals surface area contributed by atoms with Crippen molar-refractivity contribution in [3.63, 3.8) is 0 Å². The molecular formula is C16H17F3N4O3. The first-order valence-corrected chi connectivity index (χ1v) is 7.52. The second-order valence-corrected chi connectivity index (χ2v) is 5.02. The predicted molar refractivity (Wildman–Crippen MR) is 88.8 cm³/mol. The number of carbonyl (C=O) groups excluding carboxylic acids is 1. The van der Waals surface area contributed by atoms with E-state index < -0.39 is 17.8 Å². The van der Waals surface area contributed by atoms with Crippen LogP contribution >= 0.6 is 0 Å². The van der Waals surface area contributed by atoms with Crippen molar-refractivity contribution < 1.29 is 27.4 Å². The number of ether oxygens (including phenoxy) is 2. The summed E-state index contributed by atoms with van der Waals surface area (Å²) in [5, 5.41) is 5.40. The Bertz CT molecular complexity index is 797. The lowest BCUT2D eigenvalue weighted by Gasteiger charge is -2.13. The lowest BCUT2D eigenvalue weighted by molar-refractivity contribution is -0.141. The second-order valence-electron chi connectivity index (χ2n) is 5.02. The van der Waals surface area contributed by atoms with Crippen LogP contribution in [0.2, 0.25) is 0 Å². The van der Waals surface area contributed by atoms with Crippen LogP contribution in [0.1, 0.15) is 23.0 Å². The first-order chi connectivity index (χ1) is 12.3. The van der Waals surface area contributed by atoms with Crippen LogP contribution in [0.15, 0.2) is 24.3 Å². The van der Waals surface area contributed by atoms with Gasteiger partial charge in [0.25, 0.3) is 0 Å². The fourth-order valence-corrected chi connectivity index (χ4v) is 2.09. The van der Waals surface area contributed by atoms with Crippen LogP contribution in [0.25, 0.3) is 0 Å². The number of nitrogens with one attached hydrogen (secondary N) is 2. The molecule has 2 N–H and O–H groups in total. The Kier molecular flexibility index (Phi) is 5.86. The molecule has 0 aliphatic rings. The highest BCUT2D eigenvalue weighted by Crippen LogP contribution is 2.31. The van der Waals surface area contributed by atoms with E-state index in [9.17, 15) is 18.0 Å².